The Kier molecular flexibility index (Phi) is 65.2. The van der Waals surface area contributed by atoms with Gasteiger partial charge in [-0.1, -0.05) is 329 Å². The van der Waals surface area contributed by atoms with Crippen molar-refractivity contribution < 1.29 is 28.6 Å². The van der Waals surface area contributed by atoms with Gasteiger partial charge in [0.2, 0.25) is 0 Å². The van der Waals surface area contributed by atoms with E-state index in [0.29, 0.717) is 19.3 Å². The van der Waals surface area contributed by atoms with Gasteiger partial charge in [0.15, 0.2) is 6.10 Å². The van der Waals surface area contributed by atoms with Crippen molar-refractivity contribution in [3.8, 4) is 0 Å². The minimum Gasteiger partial charge on any atom is -0.462 e. The van der Waals surface area contributed by atoms with Gasteiger partial charge in [-0.25, -0.2) is 0 Å². The fourth-order valence-electron chi connectivity index (χ4n) is 9.67. The molecule has 0 amide bonds. The Hall–Kier alpha value is -3.93. The van der Waals surface area contributed by atoms with Crippen LogP contribution in [0.25, 0.3) is 0 Å². The Morgan fingerprint density at radius 1 is 0.259 bits per heavy atom. The smallest absolute Gasteiger partial charge is 0.306 e. The molecule has 0 fully saturated rings. The molecule has 1 atom stereocenters. The van der Waals surface area contributed by atoms with Gasteiger partial charge in [0.25, 0.3) is 0 Å². The molecule has 464 valence electrons. The first-order valence-electron chi connectivity index (χ1n) is 34.4. The number of carbonyl (C=O) groups excluding carboxylic acids is 3. The maximum Gasteiger partial charge on any atom is 0.306 e. The van der Waals surface area contributed by atoms with E-state index in [-0.39, 0.29) is 31.1 Å². The molecule has 0 aliphatic rings. The zero-order valence-electron chi connectivity index (χ0n) is 53.3. The van der Waals surface area contributed by atoms with E-state index in [4.69, 9.17) is 14.2 Å². The second-order valence-electron chi connectivity index (χ2n) is 22.7. The molecular weight excluding hydrogens is 997 g/mol. The molecule has 6 nitrogen and oxygen atoms in total. The zero-order valence-corrected chi connectivity index (χ0v) is 53.3. The third kappa shape index (κ3) is 66.8. The summed E-state index contributed by atoms with van der Waals surface area (Å²) in [6, 6.07) is 0. The third-order valence-electron chi connectivity index (χ3n) is 14.8. The maximum atomic E-state index is 12.9. The van der Waals surface area contributed by atoms with Crippen LogP contribution in [0.4, 0.5) is 0 Å². The molecule has 0 heterocycles. The molecule has 0 radical (unpaired) electrons. The lowest BCUT2D eigenvalue weighted by Gasteiger charge is -2.18. The van der Waals surface area contributed by atoms with E-state index in [1.54, 1.807) is 0 Å². The fraction of sp³-hybridized carbons (Fsp3) is 0.720. The van der Waals surface area contributed by atoms with Gasteiger partial charge in [0, 0.05) is 19.3 Å². The van der Waals surface area contributed by atoms with E-state index < -0.39 is 6.10 Å². The first-order valence-corrected chi connectivity index (χ1v) is 34.4. The van der Waals surface area contributed by atoms with Gasteiger partial charge in [0.1, 0.15) is 13.2 Å². The SMILES string of the molecule is CC/C=C\C/C=C\C/C=C\C/C=C\C/C=C\C/C=C\C/C=C\C/C=C\C/C=C\CCCCCCCCCC(=O)OCC(COC(=O)CCCCCCCCCCCCC)OC(=O)CCCCCCCCCCCCCCCCCCC. The summed E-state index contributed by atoms with van der Waals surface area (Å²) < 4.78 is 16.9. The van der Waals surface area contributed by atoms with Gasteiger partial charge in [0.05, 0.1) is 0 Å². The van der Waals surface area contributed by atoms with E-state index >= 15 is 0 Å². The molecule has 0 saturated carbocycles. The van der Waals surface area contributed by atoms with Gasteiger partial charge in [-0.05, 0) is 89.9 Å². The van der Waals surface area contributed by atoms with Crippen molar-refractivity contribution in [3.63, 3.8) is 0 Å². The third-order valence-corrected chi connectivity index (χ3v) is 14.8. The normalized spacial score (nSPS) is 12.8. The topological polar surface area (TPSA) is 78.9 Å². The number of hydrogen-bond donors (Lipinski definition) is 0. The average molecular weight is 1130 g/mol. The van der Waals surface area contributed by atoms with Crippen molar-refractivity contribution in [3.05, 3.63) is 109 Å². The highest BCUT2D eigenvalue weighted by Gasteiger charge is 2.19. The van der Waals surface area contributed by atoms with Crippen molar-refractivity contribution in [2.24, 2.45) is 0 Å². The summed E-state index contributed by atoms with van der Waals surface area (Å²) in [7, 11) is 0. The average Bonchev–Trinajstić information content (AvgIpc) is 3.47. The summed E-state index contributed by atoms with van der Waals surface area (Å²) in [5.41, 5.74) is 0. The number of esters is 3. The highest BCUT2D eigenvalue weighted by Crippen LogP contribution is 2.17. The van der Waals surface area contributed by atoms with Crippen molar-refractivity contribution in [2.45, 2.75) is 335 Å². The standard InChI is InChI=1S/C75H128O6/c1-4-7-10-13-16-19-22-24-26-28-29-30-31-32-33-34-35-36-37-38-39-40-41-42-43-44-45-47-48-50-53-56-59-62-65-68-74(77)80-71-72(70-79-73(76)67-64-61-58-55-52-21-18-15-12-9-6-3)81-75(78)69-66-63-60-57-54-51-49-46-27-25-23-20-17-14-11-8-5-2/h7,10,16,19,24,26,29-30,32-33,35-36,38-39,41-42,44-45,72H,4-6,8-9,11-15,17-18,20-23,25,27-28,31,34,37,40,43,46-71H2,1-3H3/b10-7-,19-16-,26-24-,30-29-,33-32-,36-35-,39-38-,42-41-,45-44-. The van der Waals surface area contributed by atoms with Gasteiger partial charge < -0.3 is 14.2 Å². The predicted molar refractivity (Wildman–Crippen MR) is 353 cm³/mol. The lowest BCUT2D eigenvalue weighted by molar-refractivity contribution is -0.167. The Balaban J connectivity index is 4.22. The Morgan fingerprint density at radius 2 is 0.481 bits per heavy atom. The number of hydrogen-bond acceptors (Lipinski definition) is 6. The van der Waals surface area contributed by atoms with Crippen LogP contribution in [0.5, 0.6) is 0 Å². The van der Waals surface area contributed by atoms with Crippen molar-refractivity contribution in [2.75, 3.05) is 13.2 Å². The van der Waals surface area contributed by atoms with Crippen LogP contribution in [0, 0.1) is 0 Å². The first-order chi connectivity index (χ1) is 40.0. The van der Waals surface area contributed by atoms with Gasteiger partial charge >= 0.3 is 17.9 Å². The highest BCUT2D eigenvalue weighted by atomic mass is 16.6. The van der Waals surface area contributed by atoms with Crippen molar-refractivity contribution in [1.29, 1.82) is 0 Å². The van der Waals surface area contributed by atoms with Crippen LogP contribution in [-0.2, 0) is 28.6 Å². The van der Waals surface area contributed by atoms with Crippen LogP contribution in [0.1, 0.15) is 329 Å². The number of carbonyl (C=O) groups is 3. The van der Waals surface area contributed by atoms with Crippen LogP contribution in [0.3, 0.4) is 0 Å². The summed E-state index contributed by atoms with van der Waals surface area (Å²) in [6.45, 7) is 6.54. The summed E-state index contributed by atoms with van der Waals surface area (Å²) in [6.07, 6.45) is 93.9. The van der Waals surface area contributed by atoms with Gasteiger partial charge in [-0.15, -0.1) is 0 Å². The van der Waals surface area contributed by atoms with Gasteiger partial charge in [-0.3, -0.25) is 14.4 Å². The Morgan fingerprint density at radius 3 is 0.753 bits per heavy atom. The first kappa shape index (κ1) is 77.1. The molecule has 0 aromatic rings. The second-order valence-corrected chi connectivity index (χ2v) is 22.7. The lowest BCUT2D eigenvalue weighted by Crippen LogP contribution is -2.30. The van der Waals surface area contributed by atoms with Crippen molar-refractivity contribution >= 4 is 17.9 Å². The predicted octanol–water partition coefficient (Wildman–Crippen LogP) is 23.8. The summed E-state index contributed by atoms with van der Waals surface area (Å²) >= 11 is 0. The highest BCUT2D eigenvalue weighted by molar-refractivity contribution is 5.71. The summed E-state index contributed by atoms with van der Waals surface area (Å²) in [5.74, 6) is -0.875. The summed E-state index contributed by atoms with van der Waals surface area (Å²) in [5, 5.41) is 0. The van der Waals surface area contributed by atoms with Crippen LogP contribution in [0.15, 0.2) is 109 Å². The van der Waals surface area contributed by atoms with Crippen LogP contribution >= 0.6 is 0 Å². The Bertz CT molecular complexity index is 1620. The maximum absolute atomic E-state index is 12.9. The van der Waals surface area contributed by atoms with E-state index in [1.165, 1.54) is 167 Å². The molecule has 0 aromatic heterocycles. The number of allylic oxidation sites excluding steroid dienone is 18. The largest absolute Gasteiger partial charge is 0.462 e. The Labute approximate surface area is 501 Å². The van der Waals surface area contributed by atoms with Gasteiger partial charge in [-0.2, -0.15) is 0 Å². The molecule has 0 bridgehead atoms. The van der Waals surface area contributed by atoms with Crippen LogP contribution < -0.4 is 0 Å². The minimum atomic E-state index is -0.780. The molecule has 1 unspecified atom stereocenters. The molecule has 0 spiro atoms. The molecule has 0 saturated heterocycles. The van der Waals surface area contributed by atoms with Crippen LogP contribution in [-0.4, -0.2) is 37.2 Å². The molecule has 0 N–H and O–H groups in total. The molecule has 81 heavy (non-hydrogen) atoms. The van der Waals surface area contributed by atoms with Crippen LogP contribution in [0.2, 0.25) is 0 Å². The number of rotatable bonds is 62. The molecular formula is C75H128O6. The monoisotopic (exact) mass is 1120 g/mol. The zero-order chi connectivity index (χ0) is 58.5. The minimum absolute atomic E-state index is 0.0765. The molecule has 0 aliphatic carbocycles. The van der Waals surface area contributed by atoms with E-state index in [9.17, 15) is 14.4 Å². The van der Waals surface area contributed by atoms with E-state index in [0.717, 1.165) is 122 Å². The molecule has 0 rings (SSSR count). The van der Waals surface area contributed by atoms with E-state index in [2.05, 4.69) is 130 Å². The quantitative estimate of drug-likeness (QED) is 0.0261. The molecule has 6 heteroatoms. The molecule has 0 aromatic carbocycles. The van der Waals surface area contributed by atoms with Crippen molar-refractivity contribution in [1.82, 2.24) is 0 Å². The summed E-state index contributed by atoms with van der Waals surface area (Å²) in [4.78, 5) is 38.3. The fourth-order valence-corrected chi connectivity index (χ4v) is 9.67. The second kappa shape index (κ2) is 68.6. The number of ether oxygens (including phenoxy) is 3. The van der Waals surface area contributed by atoms with E-state index in [1.807, 2.05) is 0 Å². The lowest BCUT2D eigenvalue weighted by atomic mass is 10.0. The number of unbranched alkanes of at least 4 members (excludes halogenated alkanes) is 33. The molecule has 0 aliphatic heterocycles.